The first-order valence-corrected chi connectivity index (χ1v) is 12.4. The third-order valence-electron chi connectivity index (χ3n) is 4.42. The number of hydrogen-bond donors (Lipinski definition) is 1. The summed E-state index contributed by atoms with van der Waals surface area (Å²) in [7, 11) is 0. The van der Waals surface area contributed by atoms with E-state index in [1.165, 1.54) is 102 Å². The molecule has 8 nitrogen and oxygen atoms in total. The summed E-state index contributed by atoms with van der Waals surface area (Å²) in [6.07, 6.45) is 32.9. The first-order valence-electron chi connectivity index (χ1n) is 12.4. The zero-order chi connectivity index (χ0) is 28.5. The van der Waals surface area contributed by atoms with Gasteiger partial charge in [-0.05, 0) is 19.8 Å². The molecule has 0 aromatic carbocycles. The Kier molecular flexibility index (Phi) is 48.4. The fourth-order valence-corrected chi connectivity index (χ4v) is 2.76. The monoisotopic (exact) mass is 534 g/mol. The second kappa shape index (κ2) is 40.4. The van der Waals surface area contributed by atoms with Gasteiger partial charge in [0.2, 0.25) is 0 Å². The minimum absolute atomic E-state index is 0. The Hall–Kier alpha value is -2.73. The van der Waals surface area contributed by atoms with Crippen molar-refractivity contribution in [1.82, 2.24) is 0 Å². The number of aliphatic carboxylic acids is 4. The van der Waals surface area contributed by atoms with E-state index in [0.29, 0.717) is 0 Å². The molecule has 0 rings (SSSR count). The van der Waals surface area contributed by atoms with Crippen LogP contribution in [0.15, 0.2) is 12.2 Å². The van der Waals surface area contributed by atoms with Crippen LogP contribution in [0.2, 0.25) is 0 Å². The van der Waals surface area contributed by atoms with Gasteiger partial charge in [-0.1, -0.05) is 114 Å². The van der Waals surface area contributed by atoms with Crippen LogP contribution in [0.25, 0.3) is 0 Å². The molecule has 0 aliphatic carbocycles. The average Bonchev–Trinajstić information content (AvgIpc) is 2.81. The summed E-state index contributed by atoms with van der Waals surface area (Å²) in [6.45, 7) is 3.25. The number of terminal acetylenes is 2. The molecular formula is C28H43AlO8. The molecule has 0 heterocycles. The maximum absolute atomic E-state index is 10.3. The van der Waals surface area contributed by atoms with E-state index in [1.54, 1.807) is 6.08 Å². The Balaban J connectivity index is -0.000000186. The van der Waals surface area contributed by atoms with Gasteiger partial charge in [0.25, 0.3) is 0 Å². The number of carboxylic acid groups (broad SMARTS) is 4. The molecule has 0 aromatic rings. The van der Waals surface area contributed by atoms with Gasteiger partial charge in [-0.25, -0.2) is 0 Å². The maximum atomic E-state index is 10.3. The fourth-order valence-electron chi connectivity index (χ4n) is 2.76. The standard InChI is InChI=1S/C20H38O2.2C3H2O2.C2H4O2.Al/c1-2-3-4-5-6-7-8-9-10-11-12-13-14-15-16-17-18-19-20(21)22;2*1-2-3(4)5;1-2(3)4;/h17-18H,2-16,19H2,1H3,(H,21,22);2*1H,(H,4,5);1H3,(H,3,4);/q;;;;+3/p-3. The zero-order valence-corrected chi connectivity index (χ0v) is 23.7. The van der Waals surface area contributed by atoms with Crippen molar-refractivity contribution in [2.45, 2.75) is 117 Å². The zero-order valence-electron chi connectivity index (χ0n) is 22.5. The Labute approximate surface area is 234 Å². The van der Waals surface area contributed by atoms with E-state index in [0.717, 1.165) is 13.3 Å². The largest absolute Gasteiger partial charge is 3.00 e. The number of carboxylic acids is 4. The van der Waals surface area contributed by atoms with E-state index in [-0.39, 0.29) is 23.8 Å². The summed E-state index contributed by atoms with van der Waals surface area (Å²) in [5.41, 5.74) is 0. The Morgan fingerprint density at radius 1 is 0.676 bits per heavy atom. The van der Waals surface area contributed by atoms with Crippen molar-refractivity contribution < 1.29 is 39.6 Å². The fraction of sp³-hybridized carbons (Fsp3) is 0.643. The van der Waals surface area contributed by atoms with Crippen LogP contribution < -0.4 is 15.3 Å². The average molecular weight is 535 g/mol. The summed E-state index contributed by atoms with van der Waals surface area (Å²) < 4.78 is 0. The maximum Gasteiger partial charge on any atom is 3.00 e. The molecule has 0 atom stereocenters. The minimum atomic E-state index is -1.47. The normalized spacial score (nSPS) is 8.86. The second-order valence-corrected chi connectivity index (χ2v) is 7.81. The first kappa shape index (κ1) is 44.3. The van der Waals surface area contributed by atoms with Crippen molar-refractivity contribution >= 4 is 41.2 Å². The number of hydrogen-bond acceptors (Lipinski definition) is 7. The van der Waals surface area contributed by atoms with E-state index >= 15 is 0 Å². The van der Waals surface area contributed by atoms with Gasteiger partial charge in [0.1, 0.15) is 11.9 Å². The smallest absolute Gasteiger partial charge is 0.550 e. The SMILES string of the molecule is C#CC(=O)[O-].C#CC(=O)[O-].CC(=O)[O-].CCCCCCCCCCCCCCCCC=CCC(=O)O.[Al+3]. The van der Waals surface area contributed by atoms with Crippen LogP contribution in [0.1, 0.15) is 117 Å². The molecule has 206 valence electrons. The van der Waals surface area contributed by atoms with Crippen molar-refractivity contribution in [3.63, 3.8) is 0 Å². The molecular weight excluding hydrogens is 491 g/mol. The van der Waals surface area contributed by atoms with Crippen LogP contribution in [0.4, 0.5) is 0 Å². The van der Waals surface area contributed by atoms with Crippen molar-refractivity contribution in [2.24, 2.45) is 0 Å². The molecule has 1 N–H and O–H groups in total. The van der Waals surface area contributed by atoms with Crippen molar-refractivity contribution in [3.8, 4) is 24.7 Å². The predicted molar refractivity (Wildman–Crippen MR) is 140 cm³/mol. The van der Waals surface area contributed by atoms with Crippen LogP contribution in [0.5, 0.6) is 0 Å². The van der Waals surface area contributed by atoms with E-state index in [4.69, 9.17) is 34.8 Å². The number of allylic oxidation sites excluding steroid dienone is 1. The van der Waals surface area contributed by atoms with Crippen molar-refractivity contribution in [1.29, 1.82) is 0 Å². The van der Waals surface area contributed by atoms with E-state index in [2.05, 4.69) is 19.8 Å². The van der Waals surface area contributed by atoms with Crippen molar-refractivity contribution in [3.05, 3.63) is 12.2 Å². The molecule has 0 radical (unpaired) electrons. The van der Waals surface area contributed by atoms with E-state index in [1.807, 2.05) is 6.08 Å². The molecule has 9 heteroatoms. The number of unbranched alkanes of at least 4 members (excludes halogenated alkanes) is 14. The van der Waals surface area contributed by atoms with Crippen LogP contribution in [0, 0.1) is 24.7 Å². The van der Waals surface area contributed by atoms with Crippen LogP contribution >= 0.6 is 0 Å². The van der Waals surface area contributed by atoms with Gasteiger partial charge in [-0.3, -0.25) is 4.79 Å². The van der Waals surface area contributed by atoms with E-state index in [9.17, 15) is 4.79 Å². The van der Waals surface area contributed by atoms with Gasteiger partial charge < -0.3 is 34.8 Å². The van der Waals surface area contributed by atoms with Gasteiger partial charge in [-0.15, -0.1) is 12.8 Å². The predicted octanol–water partition coefficient (Wildman–Crippen LogP) is 2.00. The molecule has 0 amide bonds. The van der Waals surface area contributed by atoms with Gasteiger partial charge in [0.05, 0.1) is 6.42 Å². The third-order valence-corrected chi connectivity index (χ3v) is 4.42. The summed E-state index contributed by atoms with van der Waals surface area (Å²) in [5, 5.41) is 35.4. The molecule has 0 aromatic heterocycles. The first-order chi connectivity index (χ1) is 17.0. The topological polar surface area (TPSA) is 158 Å². The molecule has 0 spiro atoms. The van der Waals surface area contributed by atoms with Crippen LogP contribution in [-0.4, -0.2) is 46.3 Å². The molecule has 0 saturated carbocycles. The third kappa shape index (κ3) is 79.2. The van der Waals surface area contributed by atoms with Crippen LogP contribution in [-0.2, 0) is 19.2 Å². The Morgan fingerprint density at radius 2 is 0.946 bits per heavy atom. The number of carbonyl (C=O) groups excluding carboxylic acids is 3. The second-order valence-electron chi connectivity index (χ2n) is 7.81. The van der Waals surface area contributed by atoms with Crippen LogP contribution in [0.3, 0.4) is 0 Å². The van der Waals surface area contributed by atoms with Gasteiger partial charge >= 0.3 is 23.3 Å². The Bertz CT molecular complexity index is 632. The molecule has 0 fully saturated rings. The molecule has 0 unspecified atom stereocenters. The van der Waals surface area contributed by atoms with E-state index < -0.39 is 23.9 Å². The molecule has 0 aliphatic heterocycles. The summed E-state index contributed by atoms with van der Waals surface area (Å²) in [5.74, 6) is -2.09. The quantitative estimate of drug-likeness (QED) is 0.128. The molecule has 0 bridgehead atoms. The summed E-state index contributed by atoms with van der Waals surface area (Å²) >= 11 is 0. The van der Waals surface area contributed by atoms with Crippen molar-refractivity contribution in [2.75, 3.05) is 0 Å². The molecule has 0 aliphatic rings. The summed E-state index contributed by atoms with van der Waals surface area (Å²) in [4.78, 5) is 37.2. The number of carbonyl (C=O) groups is 4. The number of rotatable bonds is 17. The molecule has 37 heavy (non-hydrogen) atoms. The molecule has 0 saturated heterocycles. The van der Waals surface area contributed by atoms with Gasteiger partial charge in [0.15, 0.2) is 0 Å². The Morgan fingerprint density at radius 3 is 1.19 bits per heavy atom. The van der Waals surface area contributed by atoms with Gasteiger partial charge in [-0.2, -0.15) is 0 Å². The minimum Gasteiger partial charge on any atom is -0.550 e. The summed E-state index contributed by atoms with van der Waals surface area (Å²) in [6, 6.07) is 0. The van der Waals surface area contributed by atoms with Gasteiger partial charge in [0, 0.05) is 5.97 Å².